The zero-order valence-electron chi connectivity index (χ0n) is 27.9. The summed E-state index contributed by atoms with van der Waals surface area (Å²) in [4.78, 5) is 43.5. The Bertz CT molecular complexity index is 1900. The summed E-state index contributed by atoms with van der Waals surface area (Å²) >= 11 is 0. The Hall–Kier alpha value is -4.74. The van der Waals surface area contributed by atoms with E-state index in [0.29, 0.717) is 37.4 Å². The van der Waals surface area contributed by atoms with Crippen LogP contribution in [0.25, 0.3) is 10.9 Å². The average molecular weight is 662 g/mol. The number of carbonyl (C=O) groups excluding carboxylic acids is 3. The summed E-state index contributed by atoms with van der Waals surface area (Å²) < 4.78 is 1.90. The van der Waals surface area contributed by atoms with Crippen LogP contribution in [-0.2, 0) is 35.3 Å². The van der Waals surface area contributed by atoms with Gasteiger partial charge in [0.1, 0.15) is 6.04 Å². The smallest absolute Gasteiger partial charge is 0.255 e. The first-order chi connectivity index (χ1) is 23.7. The molecule has 4 aromatic rings. The van der Waals surface area contributed by atoms with Gasteiger partial charge in [0, 0.05) is 81.1 Å². The van der Waals surface area contributed by atoms with Crippen molar-refractivity contribution in [2.75, 3.05) is 36.4 Å². The van der Waals surface area contributed by atoms with Gasteiger partial charge in [0.15, 0.2) is 0 Å². The number of rotatable bonds is 7. The fraction of sp³-hybridized carbons (Fsp3) is 0.421. The molecule has 49 heavy (non-hydrogen) atoms. The van der Waals surface area contributed by atoms with Crippen LogP contribution in [0.4, 0.5) is 11.4 Å². The van der Waals surface area contributed by atoms with E-state index in [9.17, 15) is 19.5 Å². The summed E-state index contributed by atoms with van der Waals surface area (Å²) in [5.74, 6) is -0.905. The maximum Gasteiger partial charge on any atom is 0.255 e. The highest BCUT2D eigenvalue weighted by atomic mass is 16.3. The zero-order chi connectivity index (χ0) is 33.7. The van der Waals surface area contributed by atoms with Crippen LogP contribution in [0.2, 0.25) is 0 Å². The monoisotopic (exact) mass is 661 g/mol. The summed E-state index contributed by atoms with van der Waals surface area (Å²) in [5.41, 5.74) is 6.07. The number of amides is 3. The van der Waals surface area contributed by atoms with Crippen LogP contribution in [0.3, 0.4) is 0 Å². The van der Waals surface area contributed by atoms with Gasteiger partial charge in [-0.05, 0) is 85.2 Å². The number of aryl methyl sites for hydroxylation is 1. The third-order valence-electron chi connectivity index (χ3n) is 11.1. The summed E-state index contributed by atoms with van der Waals surface area (Å²) in [6, 6.07) is 20.8. The fourth-order valence-corrected chi connectivity index (χ4v) is 8.08. The van der Waals surface area contributed by atoms with E-state index in [-0.39, 0.29) is 18.2 Å². The van der Waals surface area contributed by atoms with Crippen LogP contribution in [0.15, 0.2) is 66.9 Å². The summed E-state index contributed by atoms with van der Waals surface area (Å²) in [7, 11) is 1.97. The highest BCUT2D eigenvalue weighted by molar-refractivity contribution is 6.05. The number of benzene rings is 3. The van der Waals surface area contributed by atoms with Crippen molar-refractivity contribution in [3.63, 3.8) is 0 Å². The molecule has 8 rings (SSSR count). The number of imide groups is 1. The molecule has 0 radical (unpaired) electrons. The van der Waals surface area contributed by atoms with Crippen molar-refractivity contribution < 1.29 is 19.5 Å². The normalized spacial score (nSPS) is 21.7. The number of hydrogen-bond donors (Lipinski definition) is 3. The minimum atomic E-state index is -0.965. The van der Waals surface area contributed by atoms with Crippen LogP contribution in [0, 0.1) is 0 Å². The van der Waals surface area contributed by atoms with Gasteiger partial charge < -0.3 is 20.2 Å². The molecule has 0 bridgehead atoms. The summed E-state index contributed by atoms with van der Waals surface area (Å²) in [6.45, 7) is 4.72. The molecule has 3 aromatic carbocycles. The SMILES string of the molecule is Cn1ncc2cc(NC3CCN(c4ccc(CN5CCC(O)(c6ccc7c(c6)CN(C6CCC(=O)NC6=O)C7=O)CC5)cc4)CC3)ccc21. The lowest BCUT2D eigenvalue weighted by molar-refractivity contribution is -0.136. The topological polar surface area (TPSA) is 123 Å². The van der Waals surface area contributed by atoms with E-state index in [1.807, 2.05) is 30.1 Å². The first kappa shape index (κ1) is 31.5. The highest BCUT2D eigenvalue weighted by Gasteiger charge is 2.41. The molecule has 1 atom stereocenters. The van der Waals surface area contributed by atoms with E-state index < -0.39 is 17.6 Å². The first-order valence-electron chi connectivity index (χ1n) is 17.5. The summed E-state index contributed by atoms with van der Waals surface area (Å²) in [6.07, 6.45) is 5.86. The number of nitrogens with zero attached hydrogens (tertiary/aromatic N) is 5. The Morgan fingerprint density at radius 1 is 0.939 bits per heavy atom. The Balaban J connectivity index is 0.823. The second-order valence-corrected chi connectivity index (χ2v) is 14.2. The van der Waals surface area contributed by atoms with Gasteiger partial charge in [-0.2, -0.15) is 5.10 Å². The molecule has 254 valence electrons. The van der Waals surface area contributed by atoms with E-state index >= 15 is 0 Å². The van der Waals surface area contributed by atoms with Crippen LogP contribution < -0.4 is 15.5 Å². The molecule has 0 spiro atoms. The van der Waals surface area contributed by atoms with Gasteiger partial charge in [-0.15, -0.1) is 0 Å². The first-order valence-corrected chi connectivity index (χ1v) is 17.5. The Kier molecular flexibility index (Phi) is 8.12. The number of aliphatic hydroxyl groups is 1. The molecule has 4 aliphatic heterocycles. The van der Waals surface area contributed by atoms with E-state index in [1.165, 1.54) is 11.3 Å². The molecule has 11 nitrogen and oxygen atoms in total. The third kappa shape index (κ3) is 6.17. The van der Waals surface area contributed by atoms with Gasteiger partial charge in [0.2, 0.25) is 11.8 Å². The minimum Gasteiger partial charge on any atom is -0.385 e. The molecule has 5 heterocycles. The highest BCUT2D eigenvalue weighted by Crippen LogP contribution is 2.37. The van der Waals surface area contributed by atoms with Crippen molar-refractivity contribution >= 4 is 40.0 Å². The summed E-state index contributed by atoms with van der Waals surface area (Å²) in [5, 5.41) is 23.3. The molecule has 4 aliphatic rings. The van der Waals surface area contributed by atoms with Crippen LogP contribution >= 0.6 is 0 Å². The molecular weight excluding hydrogens is 618 g/mol. The number of nitrogens with one attached hydrogen (secondary N) is 2. The lowest BCUT2D eigenvalue weighted by Crippen LogP contribution is -2.52. The molecule has 3 fully saturated rings. The van der Waals surface area contributed by atoms with Gasteiger partial charge in [0.05, 0.1) is 17.3 Å². The second kappa shape index (κ2) is 12.6. The van der Waals surface area contributed by atoms with Crippen molar-refractivity contribution in [3.8, 4) is 0 Å². The molecule has 1 aromatic heterocycles. The van der Waals surface area contributed by atoms with Crippen LogP contribution in [0.1, 0.15) is 65.6 Å². The predicted octanol–water partition coefficient (Wildman–Crippen LogP) is 3.90. The van der Waals surface area contributed by atoms with Gasteiger partial charge in [-0.3, -0.25) is 29.3 Å². The van der Waals surface area contributed by atoms with Gasteiger partial charge in [-0.1, -0.05) is 24.3 Å². The van der Waals surface area contributed by atoms with Crippen molar-refractivity contribution in [2.24, 2.45) is 7.05 Å². The lowest BCUT2D eigenvalue weighted by atomic mass is 9.83. The average Bonchev–Trinajstić information content (AvgIpc) is 3.64. The standard InChI is InChI=1S/C38H43N7O4/c1-42-33-9-5-30(21-26(33)22-39-42)40-29-12-16-44(17-13-29)31-6-2-25(3-7-31)23-43-18-14-38(49,15-19-43)28-4-8-32-27(20-28)24-45(37(32)48)34-10-11-35(46)41-36(34)47/h2-9,20-22,29,34,40,49H,10-19,23-24H2,1H3,(H,41,46,47). The van der Waals surface area contributed by atoms with E-state index in [1.54, 1.807) is 11.0 Å². The molecular formula is C38H43N7O4. The molecule has 3 saturated heterocycles. The minimum absolute atomic E-state index is 0.194. The van der Waals surface area contributed by atoms with E-state index in [0.717, 1.165) is 73.3 Å². The Morgan fingerprint density at radius 2 is 1.71 bits per heavy atom. The number of anilines is 2. The Morgan fingerprint density at radius 3 is 2.47 bits per heavy atom. The zero-order valence-corrected chi connectivity index (χ0v) is 27.9. The fourth-order valence-electron chi connectivity index (χ4n) is 8.08. The Labute approximate surface area is 285 Å². The van der Waals surface area contributed by atoms with Crippen molar-refractivity contribution in [2.45, 2.75) is 69.3 Å². The van der Waals surface area contributed by atoms with E-state index in [4.69, 9.17) is 0 Å². The maximum absolute atomic E-state index is 13.1. The lowest BCUT2D eigenvalue weighted by Gasteiger charge is -2.39. The van der Waals surface area contributed by atoms with E-state index in [2.05, 4.69) is 68.0 Å². The van der Waals surface area contributed by atoms with Gasteiger partial charge in [-0.25, -0.2) is 0 Å². The van der Waals surface area contributed by atoms with Crippen molar-refractivity contribution in [3.05, 3.63) is 89.1 Å². The number of piperidine rings is 3. The molecule has 0 saturated carbocycles. The number of aromatic nitrogens is 2. The molecule has 3 N–H and O–H groups in total. The third-order valence-corrected chi connectivity index (χ3v) is 11.1. The van der Waals surface area contributed by atoms with Crippen LogP contribution in [0.5, 0.6) is 0 Å². The number of carbonyl (C=O) groups is 3. The largest absolute Gasteiger partial charge is 0.385 e. The maximum atomic E-state index is 13.1. The molecule has 11 heteroatoms. The predicted molar refractivity (Wildman–Crippen MR) is 187 cm³/mol. The van der Waals surface area contributed by atoms with Gasteiger partial charge >= 0.3 is 0 Å². The number of fused-ring (bicyclic) bond motifs is 2. The quantitative estimate of drug-likeness (QED) is 0.255. The van der Waals surface area contributed by atoms with Gasteiger partial charge in [0.25, 0.3) is 5.91 Å². The molecule has 0 aliphatic carbocycles. The second-order valence-electron chi connectivity index (χ2n) is 14.2. The van der Waals surface area contributed by atoms with Crippen molar-refractivity contribution in [1.82, 2.24) is 24.9 Å². The number of hydrogen-bond acceptors (Lipinski definition) is 8. The van der Waals surface area contributed by atoms with Crippen LogP contribution in [-0.4, -0.2) is 80.7 Å². The molecule has 1 unspecified atom stereocenters. The molecule has 3 amide bonds. The number of likely N-dealkylation sites (tertiary alicyclic amines) is 1. The van der Waals surface area contributed by atoms with Crippen molar-refractivity contribution in [1.29, 1.82) is 0 Å².